The van der Waals surface area contributed by atoms with Gasteiger partial charge in [0.25, 0.3) is 0 Å². The van der Waals surface area contributed by atoms with Gasteiger partial charge in [-0.2, -0.15) is 0 Å². The maximum atomic E-state index is 12.3. The van der Waals surface area contributed by atoms with Crippen molar-refractivity contribution in [2.75, 3.05) is 6.61 Å². The SMILES string of the molecule is CCC/C=C(/CCC)c1cc(OC(F)(F)F)ccc1C.CCCCC(C)CO. The molecule has 1 N–H and O–H groups in total. The molecule has 0 spiro atoms. The molecule has 0 aliphatic carbocycles. The van der Waals surface area contributed by atoms with Crippen molar-refractivity contribution >= 4 is 5.57 Å². The number of ether oxygens (including phenoxy) is 1. The van der Waals surface area contributed by atoms with E-state index >= 15 is 0 Å². The van der Waals surface area contributed by atoms with Gasteiger partial charge in [-0.3, -0.25) is 0 Å². The second kappa shape index (κ2) is 14.5. The minimum Gasteiger partial charge on any atom is -0.406 e. The predicted molar refractivity (Wildman–Crippen MR) is 111 cm³/mol. The van der Waals surface area contributed by atoms with Crippen molar-refractivity contribution in [2.24, 2.45) is 5.92 Å². The summed E-state index contributed by atoms with van der Waals surface area (Å²) in [5.74, 6) is 0.353. The summed E-state index contributed by atoms with van der Waals surface area (Å²) in [6.07, 6.45) is 4.90. The number of aliphatic hydroxyl groups is 1. The zero-order valence-electron chi connectivity index (χ0n) is 18.0. The first-order valence-corrected chi connectivity index (χ1v) is 10.3. The average Bonchev–Trinajstić information content (AvgIpc) is 2.64. The third-order valence-corrected chi connectivity index (χ3v) is 4.35. The summed E-state index contributed by atoms with van der Waals surface area (Å²) in [4.78, 5) is 0. The second-order valence-electron chi connectivity index (χ2n) is 7.22. The molecule has 0 amide bonds. The van der Waals surface area contributed by atoms with Gasteiger partial charge < -0.3 is 9.84 Å². The molecule has 0 bridgehead atoms. The van der Waals surface area contributed by atoms with E-state index < -0.39 is 6.36 Å². The lowest BCUT2D eigenvalue weighted by Crippen LogP contribution is -2.17. The van der Waals surface area contributed by atoms with Crippen LogP contribution in [0.25, 0.3) is 5.57 Å². The Bertz CT molecular complexity index is 565. The maximum Gasteiger partial charge on any atom is 0.573 e. The number of hydrogen-bond acceptors (Lipinski definition) is 2. The van der Waals surface area contributed by atoms with Crippen molar-refractivity contribution in [2.45, 2.75) is 85.9 Å². The average molecular weight is 403 g/mol. The van der Waals surface area contributed by atoms with E-state index in [9.17, 15) is 13.2 Å². The van der Waals surface area contributed by atoms with Gasteiger partial charge in [-0.25, -0.2) is 0 Å². The van der Waals surface area contributed by atoms with Crippen molar-refractivity contribution in [1.29, 1.82) is 0 Å². The van der Waals surface area contributed by atoms with Crippen LogP contribution < -0.4 is 4.74 Å². The molecule has 162 valence electrons. The van der Waals surface area contributed by atoms with E-state index in [1.807, 2.05) is 6.92 Å². The number of aryl methyl sites for hydroxylation is 1. The van der Waals surface area contributed by atoms with E-state index in [0.717, 1.165) is 42.4 Å². The van der Waals surface area contributed by atoms with Crippen molar-refractivity contribution in [3.05, 3.63) is 35.4 Å². The van der Waals surface area contributed by atoms with Gasteiger partial charge in [0.2, 0.25) is 0 Å². The topological polar surface area (TPSA) is 29.5 Å². The second-order valence-corrected chi connectivity index (χ2v) is 7.22. The molecule has 0 saturated heterocycles. The normalized spacial score (nSPS) is 13.0. The standard InChI is InChI=1S/C16H21F3O.C7H16O/c1-4-6-8-13(7-5-2)15-11-14(10-9-12(15)3)20-16(17,18)19;1-3-4-5-7(2)6-8/h8-11H,4-7H2,1-3H3;7-8H,3-6H2,1-2H3/b13-8-;. The number of allylic oxidation sites excluding steroid dienone is 2. The Morgan fingerprint density at radius 3 is 2.32 bits per heavy atom. The summed E-state index contributed by atoms with van der Waals surface area (Å²) in [7, 11) is 0. The summed E-state index contributed by atoms with van der Waals surface area (Å²) in [5.41, 5.74) is 2.91. The third kappa shape index (κ3) is 12.1. The Morgan fingerprint density at radius 1 is 1.14 bits per heavy atom. The Morgan fingerprint density at radius 2 is 1.82 bits per heavy atom. The number of aliphatic hydroxyl groups excluding tert-OH is 1. The summed E-state index contributed by atoms with van der Waals surface area (Å²) >= 11 is 0. The Balaban J connectivity index is 0.000000769. The predicted octanol–water partition coefficient (Wildman–Crippen LogP) is 7.68. The van der Waals surface area contributed by atoms with Gasteiger partial charge in [0.1, 0.15) is 5.75 Å². The lowest BCUT2D eigenvalue weighted by atomic mass is 9.95. The van der Waals surface area contributed by atoms with E-state index in [4.69, 9.17) is 5.11 Å². The van der Waals surface area contributed by atoms with E-state index in [1.165, 1.54) is 31.4 Å². The molecule has 5 heteroatoms. The number of unbranched alkanes of at least 4 members (excludes halogenated alkanes) is 2. The van der Waals surface area contributed by atoms with Crippen LogP contribution in [0.2, 0.25) is 0 Å². The van der Waals surface area contributed by atoms with E-state index in [2.05, 4.69) is 38.5 Å². The van der Waals surface area contributed by atoms with Gasteiger partial charge in [-0.15, -0.1) is 13.2 Å². The van der Waals surface area contributed by atoms with Gasteiger partial charge in [0.05, 0.1) is 0 Å². The summed E-state index contributed by atoms with van der Waals surface area (Å²) in [6.45, 7) is 10.6. The lowest BCUT2D eigenvalue weighted by Gasteiger charge is -2.14. The fraction of sp³-hybridized carbons (Fsp3) is 0.652. The Kier molecular flexibility index (Phi) is 13.7. The van der Waals surface area contributed by atoms with Gasteiger partial charge in [-0.05, 0) is 60.9 Å². The highest BCUT2D eigenvalue weighted by molar-refractivity contribution is 5.69. The van der Waals surface area contributed by atoms with Gasteiger partial charge in [0, 0.05) is 6.61 Å². The van der Waals surface area contributed by atoms with Gasteiger partial charge in [0.15, 0.2) is 0 Å². The lowest BCUT2D eigenvalue weighted by molar-refractivity contribution is -0.274. The first-order chi connectivity index (χ1) is 13.2. The highest BCUT2D eigenvalue weighted by atomic mass is 19.4. The number of alkyl halides is 3. The third-order valence-electron chi connectivity index (χ3n) is 4.35. The number of halogens is 3. The molecule has 1 aromatic carbocycles. The number of rotatable bonds is 10. The monoisotopic (exact) mass is 402 g/mol. The zero-order valence-corrected chi connectivity index (χ0v) is 18.0. The quantitative estimate of drug-likeness (QED) is 0.435. The first kappa shape index (κ1) is 26.5. The molecule has 0 radical (unpaired) electrons. The van der Waals surface area contributed by atoms with Gasteiger partial charge >= 0.3 is 6.36 Å². The highest BCUT2D eigenvalue weighted by Gasteiger charge is 2.31. The van der Waals surface area contributed by atoms with Crippen LogP contribution in [0.15, 0.2) is 24.3 Å². The first-order valence-electron chi connectivity index (χ1n) is 10.3. The van der Waals surface area contributed by atoms with Crippen molar-refractivity contribution in [3.8, 4) is 5.75 Å². The van der Waals surface area contributed by atoms with Crippen LogP contribution in [-0.4, -0.2) is 18.1 Å². The number of benzene rings is 1. The molecule has 0 aliphatic rings. The summed E-state index contributed by atoms with van der Waals surface area (Å²) in [6, 6.07) is 4.52. The molecule has 2 nitrogen and oxygen atoms in total. The Hall–Kier alpha value is -1.49. The molecule has 0 saturated carbocycles. The van der Waals surface area contributed by atoms with Crippen LogP contribution >= 0.6 is 0 Å². The molecule has 0 aromatic heterocycles. The minimum atomic E-state index is -4.65. The zero-order chi connectivity index (χ0) is 21.6. The molecule has 0 fully saturated rings. The molecular formula is C23H37F3O2. The van der Waals surface area contributed by atoms with Crippen molar-refractivity contribution < 1.29 is 23.0 Å². The molecule has 1 unspecified atom stereocenters. The minimum absolute atomic E-state index is 0.156. The van der Waals surface area contributed by atoms with Crippen LogP contribution in [0.4, 0.5) is 13.2 Å². The fourth-order valence-electron chi connectivity index (χ4n) is 2.72. The van der Waals surface area contributed by atoms with Crippen LogP contribution in [0.5, 0.6) is 5.75 Å². The fourth-order valence-corrected chi connectivity index (χ4v) is 2.72. The molecule has 0 aliphatic heterocycles. The molecular weight excluding hydrogens is 365 g/mol. The van der Waals surface area contributed by atoms with Crippen LogP contribution in [0.1, 0.15) is 83.8 Å². The van der Waals surface area contributed by atoms with E-state index in [1.54, 1.807) is 6.07 Å². The maximum absolute atomic E-state index is 12.3. The molecule has 28 heavy (non-hydrogen) atoms. The van der Waals surface area contributed by atoms with E-state index in [-0.39, 0.29) is 5.75 Å². The van der Waals surface area contributed by atoms with Crippen LogP contribution in [-0.2, 0) is 0 Å². The smallest absolute Gasteiger partial charge is 0.406 e. The summed E-state index contributed by atoms with van der Waals surface area (Å²) < 4.78 is 40.9. The molecule has 1 aromatic rings. The van der Waals surface area contributed by atoms with E-state index in [0.29, 0.717) is 12.5 Å². The largest absolute Gasteiger partial charge is 0.573 e. The highest BCUT2D eigenvalue weighted by Crippen LogP contribution is 2.30. The molecule has 1 rings (SSSR count). The summed E-state index contributed by atoms with van der Waals surface area (Å²) in [5, 5.41) is 8.56. The van der Waals surface area contributed by atoms with Crippen molar-refractivity contribution in [3.63, 3.8) is 0 Å². The number of hydrogen-bond donors (Lipinski definition) is 1. The van der Waals surface area contributed by atoms with Crippen LogP contribution in [0, 0.1) is 12.8 Å². The Labute approximate surface area is 168 Å². The molecule has 1 atom stereocenters. The van der Waals surface area contributed by atoms with Crippen molar-refractivity contribution in [1.82, 2.24) is 0 Å². The molecule has 0 heterocycles. The van der Waals surface area contributed by atoms with Crippen LogP contribution in [0.3, 0.4) is 0 Å². The van der Waals surface area contributed by atoms with Gasteiger partial charge in [-0.1, -0.05) is 65.5 Å².